The number of carboxylic acid groups (broad SMARTS) is 1. The molecule has 0 radical (unpaired) electrons. The highest BCUT2D eigenvalue weighted by Crippen LogP contribution is 2.29. The summed E-state index contributed by atoms with van der Waals surface area (Å²) in [5.41, 5.74) is 1.01. The molecule has 1 fully saturated rings. The molecule has 1 aliphatic rings. The molecule has 2 N–H and O–H groups in total. The second-order valence-corrected chi connectivity index (χ2v) is 7.26. The topological polar surface area (TPSA) is 76.4 Å². The van der Waals surface area contributed by atoms with Crippen LogP contribution in [0.25, 0.3) is 0 Å². The third-order valence-corrected chi connectivity index (χ3v) is 5.36. The van der Waals surface area contributed by atoms with Crippen molar-refractivity contribution in [3.8, 4) is 0 Å². The molecule has 9 heteroatoms. The summed E-state index contributed by atoms with van der Waals surface area (Å²) in [6.07, 6.45) is 0. The minimum atomic E-state index is -0.970. The maximum atomic E-state index is 11.0. The molecular weight excluding hydrogens is 413 g/mol. The van der Waals surface area contributed by atoms with Crippen molar-refractivity contribution in [3.63, 3.8) is 0 Å². The Labute approximate surface area is 171 Å². The number of amidine groups is 1. The third-order valence-electron chi connectivity index (χ3n) is 4.35. The first-order valence-electron chi connectivity index (χ1n) is 8.08. The van der Waals surface area contributed by atoms with Gasteiger partial charge in [0.1, 0.15) is 5.50 Å². The molecule has 27 heavy (non-hydrogen) atoms. The van der Waals surface area contributed by atoms with E-state index in [1.807, 2.05) is 4.90 Å². The fourth-order valence-corrected chi connectivity index (χ4v) is 3.91. The second kappa shape index (κ2) is 8.25. The van der Waals surface area contributed by atoms with Gasteiger partial charge in [0.2, 0.25) is 0 Å². The Morgan fingerprint density at radius 3 is 2.22 bits per heavy atom. The number of halogens is 3. The number of anilines is 1. The molecule has 1 saturated heterocycles. The molecule has 0 aromatic heterocycles. The first-order valence-corrected chi connectivity index (χ1v) is 9.27. The minimum Gasteiger partial charge on any atom is -0.478 e. The van der Waals surface area contributed by atoms with Crippen molar-refractivity contribution >= 4 is 52.3 Å². The minimum absolute atomic E-state index is 0.214. The summed E-state index contributed by atoms with van der Waals surface area (Å²) in [7, 11) is 0. The van der Waals surface area contributed by atoms with Crippen LogP contribution < -0.4 is 4.90 Å². The number of carbonyl (C=O) groups is 1. The Morgan fingerprint density at radius 1 is 1.07 bits per heavy atom. The molecule has 1 heterocycles. The first-order chi connectivity index (χ1) is 12.9. The van der Waals surface area contributed by atoms with Crippen LogP contribution in [0.5, 0.6) is 0 Å². The molecule has 0 aliphatic carbocycles. The van der Waals surface area contributed by atoms with Gasteiger partial charge in [0.25, 0.3) is 0 Å². The molecule has 142 valence electrons. The lowest BCUT2D eigenvalue weighted by molar-refractivity contribution is 0.0697. The molecule has 3 rings (SSSR count). The van der Waals surface area contributed by atoms with Gasteiger partial charge in [-0.15, -0.1) is 0 Å². The maximum absolute atomic E-state index is 11.0. The van der Waals surface area contributed by atoms with Gasteiger partial charge in [0.15, 0.2) is 5.84 Å². The Morgan fingerprint density at radius 2 is 1.70 bits per heavy atom. The molecule has 1 aliphatic heterocycles. The summed E-state index contributed by atoms with van der Waals surface area (Å²) >= 11 is 19.0. The molecule has 0 saturated carbocycles. The first kappa shape index (κ1) is 19.6. The van der Waals surface area contributed by atoms with Crippen molar-refractivity contribution < 1.29 is 15.1 Å². The summed E-state index contributed by atoms with van der Waals surface area (Å²) in [6, 6.07) is 11.6. The van der Waals surface area contributed by atoms with E-state index in [0.717, 1.165) is 5.69 Å². The summed E-state index contributed by atoms with van der Waals surface area (Å²) in [5, 5.41) is 22.7. The zero-order valence-corrected chi connectivity index (χ0v) is 16.3. The summed E-state index contributed by atoms with van der Waals surface area (Å²) in [6.45, 7) is 1.50. The number of benzene rings is 2. The summed E-state index contributed by atoms with van der Waals surface area (Å²) in [4.78, 5) is 14.7. The number of nitrogens with zero attached hydrogens (tertiary/aromatic N) is 3. The molecule has 1 unspecified atom stereocenters. The smallest absolute Gasteiger partial charge is 0.335 e. The average Bonchev–Trinajstić information content (AvgIpc) is 2.65. The summed E-state index contributed by atoms with van der Waals surface area (Å²) < 4.78 is 0. The number of hydrogen-bond acceptors (Lipinski definition) is 4. The van der Waals surface area contributed by atoms with E-state index in [-0.39, 0.29) is 11.4 Å². The number of hydrogen-bond donors (Lipinski definition) is 2. The van der Waals surface area contributed by atoms with Crippen molar-refractivity contribution in [2.75, 3.05) is 24.5 Å². The summed E-state index contributed by atoms with van der Waals surface area (Å²) in [5.74, 6) is -0.756. The Kier molecular flexibility index (Phi) is 5.99. The van der Waals surface area contributed by atoms with Gasteiger partial charge >= 0.3 is 5.97 Å². The van der Waals surface area contributed by atoms with E-state index >= 15 is 0 Å². The molecular formula is C18H16Cl3N3O3. The van der Waals surface area contributed by atoms with Gasteiger partial charge in [-0.3, -0.25) is 0 Å². The van der Waals surface area contributed by atoms with Crippen LogP contribution in [0.4, 0.5) is 5.69 Å². The lowest BCUT2D eigenvalue weighted by atomic mass is 10.1. The van der Waals surface area contributed by atoms with E-state index in [0.29, 0.717) is 35.2 Å². The molecule has 6 nitrogen and oxygen atoms in total. The number of rotatable bonds is 3. The SMILES string of the molecule is O=C(O)c1ccc(N2CCN(C(=NO)c3c(Cl)cccc3Cl)C(Cl)C2)cc1. The van der Waals surface area contributed by atoms with Gasteiger partial charge in [-0.2, -0.15) is 0 Å². The van der Waals surface area contributed by atoms with E-state index < -0.39 is 11.5 Å². The zero-order valence-electron chi connectivity index (χ0n) is 14.0. The number of alkyl halides is 1. The van der Waals surface area contributed by atoms with Crippen molar-refractivity contribution in [3.05, 3.63) is 63.6 Å². The van der Waals surface area contributed by atoms with E-state index in [2.05, 4.69) is 5.16 Å². The van der Waals surface area contributed by atoms with E-state index in [4.69, 9.17) is 39.9 Å². The van der Waals surface area contributed by atoms with Crippen LogP contribution in [-0.2, 0) is 0 Å². The van der Waals surface area contributed by atoms with Gasteiger partial charge in [-0.05, 0) is 36.4 Å². The highest BCUT2D eigenvalue weighted by molar-refractivity contribution is 6.40. The Balaban J connectivity index is 1.79. The number of aromatic carboxylic acids is 1. The van der Waals surface area contributed by atoms with Gasteiger partial charge in [-0.1, -0.05) is 46.0 Å². The van der Waals surface area contributed by atoms with E-state index in [9.17, 15) is 10.0 Å². The average molecular weight is 429 g/mol. The fourth-order valence-electron chi connectivity index (χ4n) is 2.99. The lowest BCUT2D eigenvalue weighted by Gasteiger charge is -2.41. The monoisotopic (exact) mass is 427 g/mol. The number of oxime groups is 1. The van der Waals surface area contributed by atoms with Gasteiger partial charge in [0.05, 0.1) is 27.7 Å². The van der Waals surface area contributed by atoms with Crippen LogP contribution in [0.1, 0.15) is 15.9 Å². The second-order valence-electron chi connectivity index (χ2n) is 5.95. The van der Waals surface area contributed by atoms with Gasteiger partial charge in [-0.25, -0.2) is 4.79 Å². The van der Waals surface area contributed by atoms with Crippen LogP contribution in [0.3, 0.4) is 0 Å². The zero-order chi connectivity index (χ0) is 19.6. The van der Waals surface area contributed by atoms with Crippen LogP contribution in [0, 0.1) is 0 Å². The van der Waals surface area contributed by atoms with E-state index in [1.165, 1.54) is 0 Å². The lowest BCUT2D eigenvalue weighted by Crippen LogP contribution is -2.53. The quantitative estimate of drug-likeness (QED) is 0.191. The largest absolute Gasteiger partial charge is 0.478 e. The van der Waals surface area contributed by atoms with Crippen molar-refractivity contribution in [2.45, 2.75) is 5.50 Å². The van der Waals surface area contributed by atoms with Crippen LogP contribution in [-0.4, -0.2) is 52.2 Å². The van der Waals surface area contributed by atoms with Gasteiger partial charge < -0.3 is 20.1 Å². The molecule has 2 aromatic carbocycles. The number of piperazine rings is 1. The molecule has 0 bridgehead atoms. The predicted octanol–water partition coefficient (Wildman–Crippen LogP) is 4.21. The molecule has 1 atom stereocenters. The molecule has 2 aromatic rings. The van der Waals surface area contributed by atoms with Crippen molar-refractivity contribution in [2.24, 2.45) is 5.16 Å². The standard InChI is InChI=1S/C18H16Cl3N3O3/c19-13-2-1-3-14(20)16(13)17(22-27)24-9-8-23(10-15(24)21)12-6-4-11(5-7-12)18(25)26/h1-7,15,27H,8-10H2,(H,25,26). The normalized spacial score (nSPS) is 17.9. The predicted molar refractivity (Wildman–Crippen MR) is 107 cm³/mol. The molecule has 0 spiro atoms. The Hall–Kier alpha value is -2.15. The third kappa shape index (κ3) is 4.08. The highest BCUT2D eigenvalue weighted by Gasteiger charge is 2.31. The Bertz CT molecular complexity index is 854. The highest BCUT2D eigenvalue weighted by atomic mass is 35.5. The number of carboxylic acids is 1. The van der Waals surface area contributed by atoms with E-state index in [1.54, 1.807) is 47.4 Å². The molecule has 0 amide bonds. The van der Waals surface area contributed by atoms with Gasteiger partial charge in [0, 0.05) is 18.8 Å². The fraction of sp³-hybridized carbons (Fsp3) is 0.222. The maximum Gasteiger partial charge on any atom is 0.335 e. The van der Waals surface area contributed by atoms with Crippen LogP contribution in [0.2, 0.25) is 10.0 Å². The van der Waals surface area contributed by atoms with Crippen molar-refractivity contribution in [1.82, 2.24) is 4.90 Å². The van der Waals surface area contributed by atoms with Crippen LogP contribution >= 0.6 is 34.8 Å². The van der Waals surface area contributed by atoms with Crippen LogP contribution in [0.15, 0.2) is 47.6 Å². The van der Waals surface area contributed by atoms with Crippen molar-refractivity contribution in [1.29, 1.82) is 0 Å².